The predicted molar refractivity (Wildman–Crippen MR) is 66.8 cm³/mol. The van der Waals surface area contributed by atoms with Gasteiger partial charge in [-0.1, -0.05) is 13.8 Å². The van der Waals surface area contributed by atoms with E-state index in [0.717, 1.165) is 6.42 Å². The maximum absolute atomic E-state index is 11.0. The van der Waals surface area contributed by atoms with Crippen LogP contribution in [0.3, 0.4) is 0 Å². The molecular weight excluding hydrogens is 236 g/mol. The van der Waals surface area contributed by atoms with Crippen LogP contribution in [0.2, 0.25) is 0 Å². The van der Waals surface area contributed by atoms with Crippen LogP contribution in [0.15, 0.2) is 0 Å². The molecule has 0 aromatic heterocycles. The molecule has 0 spiro atoms. The molecule has 104 valence electrons. The van der Waals surface area contributed by atoms with Gasteiger partial charge in [0.25, 0.3) is 0 Å². The Labute approximate surface area is 107 Å². The maximum Gasteiger partial charge on any atom is 0.407 e. The van der Waals surface area contributed by atoms with Crippen LogP contribution in [0.1, 0.15) is 40.0 Å². The minimum atomic E-state index is -1.06. The lowest BCUT2D eigenvalue weighted by Gasteiger charge is -2.48. The molecule has 1 aliphatic carbocycles. The number of carboxylic acid groups (broad SMARTS) is 2. The van der Waals surface area contributed by atoms with Crippen molar-refractivity contribution in [2.24, 2.45) is 5.41 Å². The van der Waals surface area contributed by atoms with Gasteiger partial charge in [-0.25, -0.2) is 9.59 Å². The van der Waals surface area contributed by atoms with Crippen LogP contribution >= 0.6 is 0 Å². The van der Waals surface area contributed by atoms with Gasteiger partial charge in [-0.15, -0.1) is 0 Å². The standard InChI is InChI=1S/C12H22N2O4/c1-11(2)5-8(14(4)10(17)18)6-12(3,7-11)13-9(15)16/h8,13H,5-7H2,1-4H3,(H,15,16)(H,17,18). The third kappa shape index (κ3) is 3.51. The van der Waals surface area contributed by atoms with Crippen molar-refractivity contribution in [2.45, 2.75) is 51.6 Å². The third-order valence-corrected chi connectivity index (χ3v) is 3.60. The maximum atomic E-state index is 11.0. The van der Waals surface area contributed by atoms with Gasteiger partial charge in [0, 0.05) is 18.6 Å². The molecule has 0 aromatic rings. The lowest BCUT2D eigenvalue weighted by atomic mass is 9.66. The zero-order valence-electron chi connectivity index (χ0n) is 11.4. The summed E-state index contributed by atoms with van der Waals surface area (Å²) >= 11 is 0. The first-order valence-electron chi connectivity index (χ1n) is 6.02. The molecular formula is C12H22N2O4. The zero-order chi connectivity index (χ0) is 14.1. The van der Waals surface area contributed by atoms with E-state index in [1.54, 1.807) is 0 Å². The topological polar surface area (TPSA) is 89.9 Å². The van der Waals surface area contributed by atoms with Crippen LogP contribution in [0.25, 0.3) is 0 Å². The first kappa shape index (κ1) is 14.6. The predicted octanol–water partition coefficient (Wildman–Crippen LogP) is 2.20. The highest BCUT2D eigenvalue weighted by Gasteiger charge is 2.44. The largest absolute Gasteiger partial charge is 0.465 e. The van der Waals surface area contributed by atoms with Gasteiger partial charge in [-0.3, -0.25) is 0 Å². The van der Waals surface area contributed by atoms with Crippen molar-refractivity contribution in [2.75, 3.05) is 7.05 Å². The molecule has 6 nitrogen and oxygen atoms in total. The first-order chi connectivity index (χ1) is 8.05. The molecule has 0 bridgehead atoms. The number of carbonyl (C=O) groups is 2. The summed E-state index contributed by atoms with van der Waals surface area (Å²) in [7, 11) is 1.54. The van der Waals surface area contributed by atoms with E-state index in [1.807, 2.05) is 20.8 Å². The van der Waals surface area contributed by atoms with Gasteiger partial charge in [-0.05, 0) is 31.6 Å². The normalized spacial score (nSPS) is 30.6. The Kier molecular flexibility index (Phi) is 3.78. The van der Waals surface area contributed by atoms with E-state index < -0.39 is 17.7 Å². The molecule has 0 aromatic carbocycles. The summed E-state index contributed by atoms with van der Waals surface area (Å²) in [5.41, 5.74) is -0.675. The van der Waals surface area contributed by atoms with E-state index in [9.17, 15) is 9.59 Å². The number of hydrogen-bond acceptors (Lipinski definition) is 2. The van der Waals surface area contributed by atoms with Gasteiger partial charge in [0.1, 0.15) is 0 Å². The summed E-state index contributed by atoms with van der Waals surface area (Å²) in [6, 6.07) is -0.164. The first-order valence-corrected chi connectivity index (χ1v) is 6.02. The third-order valence-electron chi connectivity index (χ3n) is 3.60. The van der Waals surface area contributed by atoms with Gasteiger partial charge < -0.3 is 20.4 Å². The van der Waals surface area contributed by atoms with Gasteiger partial charge in [0.05, 0.1) is 0 Å². The fraction of sp³-hybridized carbons (Fsp3) is 0.833. The Bertz CT molecular complexity index is 356. The van der Waals surface area contributed by atoms with Crippen molar-refractivity contribution in [3.63, 3.8) is 0 Å². The van der Waals surface area contributed by atoms with Crippen molar-refractivity contribution >= 4 is 12.2 Å². The lowest BCUT2D eigenvalue weighted by molar-refractivity contribution is 0.0510. The van der Waals surface area contributed by atoms with Crippen LogP contribution in [0.5, 0.6) is 0 Å². The second-order valence-electron chi connectivity index (χ2n) is 6.29. The van der Waals surface area contributed by atoms with Gasteiger partial charge in [-0.2, -0.15) is 0 Å². The summed E-state index contributed by atoms with van der Waals surface area (Å²) < 4.78 is 0. The average Bonchev–Trinajstić information content (AvgIpc) is 2.10. The van der Waals surface area contributed by atoms with Crippen molar-refractivity contribution < 1.29 is 19.8 Å². The van der Waals surface area contributed by atoms with Crippen LogP contribution in [-0.4, -0.2) is 45.9 Å². The molecule has 0 aliphatic heterocycles. The molecule has 0 heterocycles. The van der Waals surface area contributed by atoms with E-state index in [-0.39, 0.29) is 11.5 Å². The second kappa shape index (κ2) is 4.66. The van der Waals surface area contributed by atoms with Crippen molar-refractivity contribution in [3.8, 4) is 0 Å². The number of nitrogens with one attached hydrogen (secondary N) is 1. The van der Waals surface area contributed by atoms with Gasteiger partial charge in [0.2, 0.25) is 0 Å². The minimum absolute atomic E-state index is 0.0934. The lowest BCUT2D eigenvalue weighted by Crippen LogP contribution is -2.57. The van der Waals surface area contributed by atoms with E-state index in [0.29, 0.717) is 12.8 Å². The molecule has 1 rings (SSSR count). The Balaban J connectivity index is 2.90. The van der Waals surface area contributed by atoms with Gasteiger partial charge >= 0.3 is 12.2 Å². The van der Waals surface area contributed by atoms with Crippen molar-refractivity contribution in [3.05, 3.63) is 0 Å². The molecule has 0 saturated heterocycles. The zero-order valence-corrected chi connectivity index (χ0v) is 11.4. The average molecular weight is 258 g/mol. The fourth-order valence-electron chi connectivity index (χ4n) is 3.21. The summed E-state index contributed by atoms with van der Waals surface area (Å²) in [6.45, 7) is 5.91. The summed E-state index contributed by atoms with van der Waals surface area (Å²) in [5, 5.41) is 20.5. The van der Waals surface area contributed by atoms with Crippen LogP contribution in [0, 0.1) is 5.41 Å². The molecule has 3 N–H and O–H groups in total. The number of rotatable bonds is 2. The highest BCUT2D eigenvalue weighted by atomic mass is 16.4. The molecule has 2 unspecified atom stereocenters. The Morgan fingerprint density at radius 1 is 1.22 bits per heavy atom. The SMILES string of the molecule is CN(C(=O)O)C1CC(C)(C)CC(C)(NC(=O)O)C1. The second-order valence-corrected chi connectivity index (χ2v) is 6.29. The molecule has 1 fully saturated rings. The van der Waals surface area contributed by atoms with E-state index in [1.165, 1.54) is 11.9 Å². The molecule has 18 heavy (non-hydrogen) atoms. The van der Waals surface area contributed by atoms with Gasteiger partial charge in [0.15, 0.2) is 0 Å². The molecule has 1 aliphatic rings. The molecule has 0 radical (unpaired) electrons. The summed E-state index contributed by atoms with van der Waals surface area (Å²) in [5.74, 6) is 0. The summed E-state index contributed by atoms with van der Waals surface area (Å²) in [6.07, 6.45) is -0.0867. The van der Waals surface area contributed by atoms with Crippen molar-refractivity contribution in [1.82, 2.24) is 10.2 Å². The Hall–Kier alpha value is -1.46. The Morgan fingerprint density at radius 2 is 1.78 bits per heavy atom. The van der Waals surface area contributed by atoms with Crippen LogP contribution < -0.4 is 5.32 Å². The number of nitrogens with zero attached hydrogens (tertiary/aromatic N) is 1. The molecule has 6 heteroatoms. The smallest absolute Gasteiger partial charge is 0.407 e. The fourth-order valence-corrected chi connectivity index (χ4v) is 3.21. The van der Waals surface area contributed by atoms with E-state index in [4.69, 9.17) is 10.2 Å². The highest BCUT2D eigenvalue weighted by molar-refractivity contribution is 5.66. The quantitative estimate of drug-likeness (QED) is 0.708. The Morgan fingerprint density at radius 3 is 2.22 bits per heavy atom. The van der Waals surface area contributed by atoms with E-state index >= 15 is 0 Å². The highest BCUT2D eigenvalue weighted by Crippen LogP contribution is 2.42. The number of amides is 2. The van der Waals surface area contributed by atoms with E-state index in [2.05, 4.69) is 5.32 Å². The monoisotopic (exact) mass is 258 g/mol. The van der Waals surface area contributed by atoms with Crippen LogP contribution in [0.4, 0.5) is 9.59 Å². The summed E-state index contributed by atoms with van der Waals surface area (Å²) in [4.78, 5) is 23.2. The van der Waals surface area contributed by atoms with Crippen molar-refractivity contribution in [1.29, 1.82) is 0 Å². The number of hydrogen-bond donors (Lipinski definition) is 3. The molecule has 1 saturated carbocycles. The van der Waals surface area contributed by atoms with Crippen LogP contribution in [-0.2, 0) is 0 Å². The molecule has 2 amide bonds. The minimum Gasteiger partial charge on any atom is -0.465 e. The molecule has 2 atom stereocenters.